The van der Waals surface area contributed by atoms with Gasteiger partial charge in [-0.15, -0.1) is 0 Å². The topological polar surface area (TPSA) is 132 Å². The predicted molar refractivity (Wildman–Crippen MR) is 136 cm³/mol. The third-order valence-corrected chi connectivity index (χ3v) is 6.30. The fourth-order valence-electron chi connectivity index (χ4n) is 4.48. The van der Waals surface area contributed by atoms with Crippen molar-refractivity contribution < 1.29 is 14.5 Å². The molecule has 2 aromatic carbocycles. The number of nitrogens with one attached hydrogen (secondary N) is 1. The smallest absolute Gasteiger partial charge is 0.303 e. The van der Waals surface area contributed by atoms with E-state index >= 15 is 0 Å². The minimum absolute atomic E-state index is 0.0314. The number of nitrogens with zero attached hydrogens (tertiary/aromatic N) is 5. The van der Waals surface area contributed by atoms with Crippen LogP contribution in [0.4, 0.5) is 10.5 Å². The van der Waals surface area contributed by atoms with Crippen LogP contribution in [0.15, 0.2) is 65.1 Å². The van der Waals surface area contributed by atoms with Gasteiger partial charge in [-0.1, -0.05) is 24.3 Å². The monoisotopic (exact) mass is 498 g/mol. The predicted octanol–water partition coefficient (Wildman–Crippen LogP) is 3.44. The molecule has 1 fully saturated rings. The molecule has 0 atom stereocenters. The zero-order valence-electron chi connectivity index (χ0n) is 20.3. The summed E-state index contributed by atoms with van der Waals surface area (Å²) in [6, 6.07) is 14.0. The van der Waals surface area contributed by atoms with Crippen LogP contribution in [0.25, 0.3) is 17.0 Å². The maximum absolute atomic E-state index is 13.3. The van der Waals surface area contributed by atoms with Crippen LogP contribution in [-0.4, -0.2) is 36.1 Å². The molecule has 3 heterocycles. The van der Waals surface area contributed by atoms with E-state index in [1.807, 2.05) is 26.0 Å². The summed E-state index contributed by atoms with van der Waals surface area (Å²) in [5.41, 5.74) is 3.06. The lowest BCUT2D eigenvalue weighted by molar-refractivity contribution is -0.384. The van der Waals surface area contributed by atoms with Crippen molar-refractivity contribution in [1.29, 1.82) is 0 Å². The first-order valence-electron chi connectivity index (χ1n) is 11.4. The molecule has 3 amide bonds. The highest BCUT2D eigenvalue weighted by Crippen LogP contribution is 2.23. The maximum atomic E-state index is 13.3. The zero-order chi connectivity index (χ0) is 26.4. The van der Waals surface area contributed by atoms with Crippen molar-refractivity contribution >= 4 is 34.6 Å². The van der Waals surface area contributed by atoms with Gasteiger partial charge in [0.1, 0.15) is 11.5 Å². The molecule has 2 aromatic heterocycles. The normalized spacial score (nSPS) is 14.6. The van der Waals surface area contributed by atoms with Gasteiger partial charge >= 0.3 is 6.03 Å². The van der Waals surface area contributed by atoms with Crippen molar-refractivity contribution in [2.45, 2.75) is 27.3 Å². The lowest BCUT2D eigenvalue weighted by atomic mass is 10.2. The molecule has 1 aliphatic rings. The number of carbonyl (C=O) groups is 2. The quantitative estimate of drug-likeness (QED) is 0.194. The summed E-state index contributed by atoms with van der Waals surface area (Å²) in [5, 5.41) is 13.9. The van der Waals surface area contributed by atoms with Gasteiger partial charge in [0, 0.05) is 23.5 Å². The fourth-order valence-corrected chi connectivity index (χ4v) is 4.48. The van der Waals surface area contributed by atoms with Crippen molar-refractivity contribution in [3.05, 3.63) is 109 Å². The first kappa shape index (κ1) is 23.7. The summed E-state index contributed by atoms with van der Waals surface area (Å²) in [6.07, 6.45) is 1.57. The summed E-state index contributed by atoms with van der Waals surface area (Å²) in [5.74, 6) is -0.0157. The Hall–Kier alpha value is -5.06. The molecule has 11 heteroatoms. The summed E-state index contributed by atoms with van der Waals surface area (Å²) in [7, 11) is 0. The molecule has 0 radical (unpaired) electrons. The highest BCUT2D eigenvalue weighted by Gasteiger charge is 2.34. The van der Waals surface area contributed by atoms with Crippen LogP contribution in [0.1, 0.15) is 28.3 Å². The van der Waals surface area contributed by atoms with Gasteiger partial charge in [0.05, 0.1) is 22.4 Å². The summed E-state index contributed by atoms with van der Waals surface area (Å²) in [4.78, 5) is 54.8. The number of aryl methyl sites for hydroxylation is 2. The minimum atomic E-state index is -0.589. The molecule has 11 nitrogen and oxygen atoms in total. The largest absolute Gasteiger partial charge is 0.329 e. The fraction of sp³-hybridized carbons (Fsp3) is 0.154. The number of benzene rings is 2. The van der Waals surface area contributed by atoms with E-state index in [1.54, 1.807) is 35.9 Å². The summed E-state index contributed by atoms with van der Waals surface area (Å²) in [6.45, 7) is 5.38. The minimum Gasteiger partial charge on any atom is -0.303 e. The number of carbonyl (C=O) groups excluding carboxylic acids is 2. The van der Waals surface area contributed by atoms with Gasteiger partial charge in [-0.3, -0.25) is 29.3 Å². The Morgan fingerprint density at radius 3 is 2.41 bits per heavy atom. The number of fused-ring (bicyclic) bond motifs is 1. The van der Waals surface area contributed by atoms with Gasteiger partial charge in [0.25, 0.3) is 17.2 Å². The number of non-ortho nitro benzene ring substituents is 1. The van der Waals surface area contributed by atoms with Crippen molar-refractivity contribution in [1.82, 2.24) is 24.6 Å². The second-order valence-electron chi connectivity index (χ2n) is 8.73. The molecule has 1 aliphatic heterocycles. The van der Waals surface area contributed by atoms with Crippen LogP contribution in [0.2, 0.25) is 0 Å². The van der Waals surface area contributed by atoms with Gasteiger partial charge < -0.3 is 5.32 Å². The van der Waals surface area contributed by atoms with E-state index in [0.29, 0.717) is 33.5 Å². The number of imide groups is 1. The van der Waals surface area contributed by atoms with E-state index in [9.17, 15) is 24.5 Å². The Bertz CT molecular complexity index is 1700. The zero-order valence-corrected chi connectivity index (χ0v) is 20.3. The van der Waals surface area contributed by atoms with E-state index in [4.69, 9.17) is 0 Å². The van der Waals surface area contributed by atoms with Gasteiger partial charge in [-0.05, 0) is 56.2 Å². The third kappa shape index (κ3) is 4.05. The van der Waals surface area contributed by atoms with E-state index in [0.717, 1.165) is 10.6 Å². The number of rotatable bonds is 5. The van der Waals surface area contributed by atoms with E-state index < -0.39 is 16.9 Å². The number of hydrogen-bond acceptors (Lipinski definition) is 6. The molecular weight excluding hydrogens is 476 g/mol. The first-order chi connectivity index (χ1) is 17.7. The number of nitro benzene ring substituents is 1. The highest BCUT2D eigenvalue weighted by molar-refractivity contribution is 6.14. The van der Waals surface area contributed by atoms with Crippen molar-refractivity contribution in [3.8, 4) is 0 Å². The van der Waals surface area contributed by atoms with E-state index in [2.05, 4.69) is 10.3 Å². The van der Waals surface area contributed by atoms with Crippen molar-refractivity contribution in [2.75, 3.05) is 0 Å². The average Bonchev–Trinajstić information content (AvgIpc) is 3.29. The molecule has 4 aromatic rings. The van der Waals surface area contributed by atoms with Crippen molar-refractivity contribution in [2.24, 2.45) is 0 Å². The van der Waals surface area contributed by atoms with Crippen LogP contribution in [0.5, 0.6) is 0 Å². The van der Waals surface area contributed by atoms with E-state index in [-0.39, 0.29) is 23.5 Å². The number of urea groups is 1. The van der Waals surface area contributed by atoms with Gasteiger partial charge in [0.2, 0.25) is 0 Å². The highest BCUT2D eigenvalue weighted by atomic mass is 16.6. The molecule has 186 valence electrons. The molecule has 0 unspecified atom stereocenters. The molecule has 1 N–H and O–H groups in total. The lowest BCUT2D eigenvalue weighted by Crippen LogP contribution is -2.30. The lowest BCUT2D eigenvalue weighted by Gasteiger charge is -2.16. The molecule has 0 aliphatic carbocycles. The molecule has 0 bridgehead atoms. The number of hydrogen-bond donors (Lipinski definition) is 1. The van der Waals surface area contributed by atoms with Crippen LogP contribution in [0.3, 0.4) is 0 Å². The SMILES string of the molecule is Cc1cc(C=C2NC(=O)N(Cc3ccc([N+](=O)[O-])cc3)C2=O)c(C)n1-n1c(C)nc2ccccc2c1=O. The average molecular weight is 498 g/mol. The summed E-state index contributed by atoms with van der Waals surface area (Å²) < 4.78 is 3.23. The molecule has 37 heavy (non-hydrogen) atoms. The standard InChI is InChI=1S/C26H22N6O5/c1-15-12-19(16(2)30(15)31-17(3)27-22-7-5-4-6-21(22)24(31)33)13-23-25(34)29(26(35)28-23)14-18-8-10-20(11-9-18)32(36)37/h4-13H,14H2,1-3H3,(H,28,35). The molecule has 0 spiro atoms. The number of amides is 3. The Labute approximate surface area is 210 Å². The van der Waals surface area contributed by atoms with Crippen LogP contribution in [0, 0.1) is 30.9 Å². The molecule has 0 saturated carbocycles. The van der Waals surface area contributed by atoms with Gasteiger partial charge in [-0.25, -0.2) is 9.78 Å². The van der Waals surface area contributed by atoms with Gasteiger partial charge in [-0.2, -0.15) is 4.68 Å². The van der Waals surface area contributed by atoms with Crippen LogP contribution in [-0.2, 0) is 11.3 Å². The Kier molecular flexibility index (Phi) is 5.67. The number of aromatic nitrogens is 3. The summed E-state index contributed by atoms with van der Waals surface area (Å²) >= 11 is 0. The third-order valence-electron chi connectivity index (χ3n) is 6.30. The second-order valence-corrected chi connectivity index (χ2v) is 8.73. The number of nitro groups is 1. The molecule has 5 rings (SSSR count). The Morgan fingerprint density at radius 1 is 1.00 bits per heavy atom. The first-order valence-corrected chi connectivity index (χ1v) is 11.4. The molecule has 1 saturated heterocycles. The van der Waals surface area contributed by atoms with Crippen molar-refractivity contribution in [3.63, 3.8) is 0 Å². The maximum Gasteiger partial charge on any atom is 0.329 e. The second kappa shape index (κ2) is 8.86. The van der Waals surface area contributed by atoms with Crippen LogP contribution >= 0.6 is 0 Å². The number of para-hydroxylation sites is 1. The van der Waals surface area contributed by atoms with E-state index in [1.165, 1.54) is 28.9 Å². The van der Waals surface area contributed by atoms with Gasteiger partial charge in [0.15, 0.2) is 0 Å². The Balaban J connectivity index is 1.48. The molecular formula is C26H22N6O5. The van der Waals surface area contributed by atoms with Crippen LogP contribution < -0.4 is 10.9 Å². The Morgan fingerprint density at radius 2 is 1.70 bits per heavy atom.